The molecular weight excluding hydrogens is 344 g/mol. The van der Waals surface area contributed by atoms with Crippen LogP contribution in [0.2, 0.25) is 0 Å². The molecule has 140 valence electrons. The average molecular weight is 366 g/mol. The highest BCUT2D eigenvalue weighted by atomic mass is 16.5. The first-order chi connectivity index (χ1) is 13.1. The standard InChI is InChI=1S/C20H22N4O3/c1-3-18-21-16-6-4-5-7-17(16)24(18)13-20(26)23-22-19(25)12-14-8-10-15(27-2)11-9-14/h4-11H,3,12-13H2,1-2H3,(H,22,25)(H,23,26). The molecule has 0 fully saturated rings. The molecule has 0 unspecified atom stereocenters. The molecular formula is C20H22N4O3. The summed E-state index contributed by atoms with van der Waals surface area (Å²) in [4.78, 5) is 28.8. The zero-order valence-corrected chi connectivity index (χ0v) is 15.4. The van der Waals surface area contributed by atoms with Gasteiger partial charge in [0.2, 0.25) is 5.91 Å². The maximum absolute atomic E-state index is 12.3. The van der Waals surface area contributed by atoms with E-state index in [-0.39, 0.29) is 24.8 Å². The van der Waals surface area contributed by atoms with Crippen molar-refractivity contribution in [3.05, 3.63) is 59.9 Å². The van der Waals surface area contributed by atoms with Gasteiger partial charge in [0.15, 0.2) is 0 Å². The molecule has 7 heteroatoms. The zero-order valence-electron chi connectivity index (χ0n) is 15.4. The number of nitrogens with one attached hydrogen (secondary N) is 2. The highest BCUT2D eigenvalue weighted by Crippen LogP contribution is 2.16. The van der Waals surface area contributed by atoms with E-state index in [1.54, 1.807) is 19.2 Å². The van der Waals surface area contributed by atoms with Crippen LogP contribution < -0.4 is 15.6 Å². The van der Waals surface area contributed by atoms with Gasteiger partial charge < -0.3 is 9.30 Å². The van der Waals surface area contributed by atoms with E-state index in [2.05, 4.69) is 15.8 Å². The normalized spacial score (nSPS) is 10.6. The molecule has 0 atom stereocenters. The summed E-state index contributed by atoms with van der Waals surface area (Å²) in [6, 6.07) is 14.9. The number of methoxy groups -OCH3 is 1. The van der Waals surface area contributed by atoms with Crippen LogP contribution in [-0.2, 0) is 29.0 Å². The molecule has 0 aliphatic heterocycles. The fourth-order valence-electron chi connectivity index (χ4n) is 2.87. The number of benzene rings is 2. The number of ether oxygens (including phenoxy) is 1. The Labute approximate surface area is 157 Å². The van der Waals surface area contributed by atoms with Gasteiger partial charge in [-0.05, 0) is 29.8 Å². The lowest BCUT2D eigenvalue weighted by Gasteiger charge is -2.10. The van der Waals surface area contributed by atoms with E-state index < -0.39 is 0 Å². The van der Waals surface area contributed by atoms with Crippen molar-refractivity contribution in [3.63, 3.8) is 0 Å². The maximum atomic E-state index is 12.3. The molecule has 3 aromatic rings. The van der Waals surface area contributed by atoms with Crippen LogP contribution >= 0.6 is 0 Å². The first-order valence-electron chi connectivity index (χ1n) is 8.75. The van der Waals surface area contributed by atoms with Gasteiger partial charge in [-0.2, -0.15) is 0 Å². The summed E-state index contributed by atoms with van der Waals surface area (Å²) in [7, 11) is 1.59. The Morgan fingerprint density at radius 1 is 1.04 bits per heavy atom. The number of hydrogen-bond acceptors (Lipinski definition) is 4. The topological polar surface area (TPSA) is 85.3 Å². The quantitative estimate of drug-likeness (QED) is 0.654. The second kappa shape index (κ2) is 8.35. The molecule has 7 nitrogen and oxygen atoms in total. The third-order valence-corrected chi connectivity index (χ3v) is 4.22. The van der Waals surface area contributed by atoms with Crippen molar-refractivity contribution in [1.29, 1.82) is 0 Å². The summed E-state index contributed by atoms with van der Waals surface area (Å²) in [5.74, 6) is 0.957. The third kappa shape index (κ3) is 4.44. The second-order valence-electron chi connectivity index (χ2n) is 6.08. The van der Waals surface area contributed by atoms with Crippen LogP contribution in [0.1, 0.15) is 18.3 Å². The molecule has 0 aliphatic carbocycles. The molecule has 2 amide bonds. The number of hydrogen-bond donors (Lipinski definition) is 2. The Bertz CT molecular complexity index is 948. The van der Waals surface area contributed by atoms with Crippen molar-refractivity contribution in [2.45, 2.75) is 26.3 Å². The molecule has 27 heavy (non-hydrogen) atoms. The number of aromatic nitrogens is 2. The summed E-state index contributed by atoms with van der Waals surface area (Å²) in [6.07, 6.45) is 0.879. The highest BCUT2D eigenvalue weighted by molar-refractivity contribution is 5.84. The van der Waals surface area contributed by atoms with Gasteiger partial charge in [0, 0.05) is 6.42 Å². The predicted molar refractivity (Wildman–Crippen MR) is 102 cm³/mol. The number of fused-ring (bicyclic) bond motifs is 1. The Kier molecular flexibility index (Phi) is 5.71. The molecule has 2 aromatic carbocycles. The minimum atomic E-state index is -0.309. The van der Waals surface area contributed by atoms with E-state index in [0.717, 1.165) is 28.2 Å². The molecule has 2 N–H and O–H groups in total. The van der Waals surface area contributed by atoms with Gasteiger partial charge in [0.25, 0.3) is 5.91 Å². The monoisotopic (exact) mass is 366 g/mol. The van der Waals surface area contributed by atoms with Crippen LogP contribution in [0.3, 0.4) is 0 Å². The number of amides is 2. The smallest absolute Gasteiger partial charge is 0.258 e. The van der Waals surface area contributed by atoms with Crippen LogP contribution in [0.5, 0.6) is 5.75 Å². The Morgan fingerprint density at radius 3 is 2.44 bits per heavy atom. The summed E-state index contributed by atoms with van der Waals surface area (Å²) >= 11 is 0. The van der Waals surface area contributed by atoms with Gasteiger partial charge in [0.05, 0.1) is 24.6 Å². The lowest BCUT2D eigenvalue weighted by molar-refractivity contribution is -0.128. The Balaban J connectivity index is 1.57. The number of carbonyl (C=O) groups excluding carboxylic acids is 2. The van der Waals surface area contributed by atoms with E-state index >= 15 is 0 Å². The van der Waals surface area contributed by atoms with Crippen LogP contribution in [0.25, 0.3) is 11.0 Å². The van der Waals surface area contributed by atoms with Gasteiger partial charge in [-0.15, -0.1) is 0 Å². The van der Waals surface area contributed by atoms with E-state index in [1.807, 2.05) is 47.9 Å². The largest absolute Gasteiger partial charge is 0.497 e. The SMILES string of the molecule is CCc1nc2ccccc2n1CC(=O)NNC(=O)Cc1ccc(OC)cc1. The number of hydrazine groups is 1. The van der Waals surface area contributed by atoms with Crippen molar-refractivity contribution in [2.24, 2.45) is 0 Å². The van der Waals surface area contributed by atoms with E-state index in [9.17, 15) is 9.59 Å². The fourth-order valence-corrected chi connectivity index (χ4v) is 2.87. The molecule has 0 saturated carbocycles. The maximum Gasteiger partial charge on any atom is 0.258 e. The van der Waals surface area contributed by atoms with Crippen molar-refractivity contribution in [2.75, 3.05) is 7.11 Å². The van der Waals surface area contributed by atoms with E-state index in [4.69, 9.17) is 4.74 Å². The van der Waals surface area contributed by atoms with Gasteiger partial charge in [-0.25, -0.2) is 4.98 Å². The second-order valence-corrected chi connectivity index (χ2v) is 6.08. The summed E-state index contributed by atoms with van der Waals surface area (Å²) in [6.45, 7) is 2.08. The van der Waals surface area contributed by atoms with E-state index in [1.165, 1.54) is 0 Å². The number of rotatable bonds is 6. The molecule has 3 rings (SSSR count). The molecule has 0 radical (unpaired) electrons. The minimum Gasteiger partial charge on any atom is -0.497 e. The Morgan fingerprint density at radius 2 is 1.74 bits per heavy atom. The summed E-state index contributed by atoms with van der Waals surface area (Å²) in [5, 5.41) is 0. The average Bonchev–Trinajstić information content (AvgIpc) is 3.04. The first-order valence-corrected chi connectivity index (χ1v) is 8.75. The number of nitrogens with zero attached hydrogens (tertiary/aromatic N) is 2. The first kappa shape index (κ1) is 18.4. The molecule has 0 saturated heterocycles. The van der Waals surface area contributed by atoms with Gasteiger partial charge in [0.1, 0.15) is 18.1 Å². The summed E-state index contributed by atoms with van der Waals surface area (Å²) < 4.78 is 6.95. The molecule has 0 spiro atoms. The van der Waals surface area contributed by atoms with Crippen LogP contribution in [-0.4, -0.2) is 28.5 Å². The number of aryl methyl sites for hydroxylation is 1. The van der Waals surface area contributed by atoms with Crippen LogP contribution in [0.15, 0.2) is 48.5 Å². The molecule has 1 heterocycles. The van der Waals surface area contributed by atoms with Gasteiger partial charge >= 0.3 is 0 Å². The van der Waals surface area contributed by atoms with Crippen molar-refractivity contribution in [3.8, 4) is 5.75 Å². The molecule has 0 aliphatic rings. The number of imidazole rings is 1. The third-order valence-electron chi connectivity index (χ3n) is 4.22. The number of carbonyl (C=O) groups is 2. The van der Waals surface area contributed by atoms with Crippen LogP contribution in [0.4, 0.5) is 0 Å². The minimum absolute atomic E-state index is 0.0898. The zero-order chi connectivity index (χ0) is 19.2. The van der Waals surface area contributed by atoms with Crippen molar-refractivity contribution in [1.82, 2.24) is 20.4 Å². The van der Waals surface area contributed by atoms with Gasteiger partial charge in [-0.3, -0.25) is 20.4 Å². The van der Waals surface area contributed by atoms with Gasteiger partial charge in [-0.1, -0.05) is 31.2 Å². The van der Waals surface area contributed by atoms with Crippen molar-refractivity contribution >= 4 is 22.8 Å². The van der Waals surface area contributed by atoms with E-state index in [0.29, 0.717) is 6.42 Å². The highest BCUT2D eigenvalue weighted by Gasteiger charge is 2.13. The predicted octanol–water partition coefficient (Wildman–Crippen LogP) is 2.00. The van der Waals surface area contributed by atoms with Crippen molar-refractivity contribution < 1.29 is 14.3 Å². The fraction of sp³-hybridized carbons (Fsp3) is 0.250. The molecule has 1 aromatic heterocycles. The van der Waals surface area contributed by atoms with Crippen LogP contribution in [0, 0.1) is 0 Å². The number of para-hydroxylation sites is 2. The summed E-state index contributed by atoms with van der Waals surface area (Å²) in [5.41, 5.74) is 7.50. The lowest BCUT2D eigenvalue weighted by Crippen LogP contribution is -2.43. The Hall–Kier alpha value is -3.35. The lowest BCUT2D eigenvalue weighted by atomic mass is 10.1. The molecule has 0 bridgehead atoms.